The number of carbonyl (C=O) groups excluding carboxylic acids is 2. The van der Waals surface area contributed by atoms with Crippen molar-refractivity contribution in [2.45, 2.75) is 25.4 Å². The third-order valence-corrected chi connectivity index (χ3v) is 5.08. The number of esters is 1. The van der Waals surface area contributed by atoms with E-state index in [1.807, 2.05) is 6.07 Å². The van der Waals surface area contributed by atoms with Crippen LogP contribution in [0.15, 0.2) is 69.9 Å². The predicted molar refractivity (Wildman–Crippen MR) is 108 cm³/mol. The molecule has 6 heteroatoms. The molecule has 148 valence electrons. The van der Waals surface area contributed by atoms with E-state index in [-0.39, 0.29) is 11.5 Å². The molecule has 1 amide bonds. The van der Waals surface area contributed by atoms with E-state index in [1.54, 1.807) is 53.4 Å². The number of hydrogen-bond acceptors (Lipinski definition) is 5. The summed E-state index contributed by atoms with van der Waals surface area (Å²) in [5.41, 5.74) is -0.0540. The van der Waals surface area contributed by atoms with E-state index in [1.165, 1.54) is 6.07 Å². The van der Waals surface area contributed by atoms with Crippen LogP contribution in [0.4, 0.5) is 0 Å². The molecular weight excluding hydrogens is 370 g/mol. The van der Waals surface area contributed by atoms with E-state index in [0.29, 0.717) is 29.6 Å². The number of piperidine rings is 1. The molecule has 0 N–H and O–H groups in total. The number of ether oxygens (including phenoxy) is 1. The van der Waals surface area contributed by atoms with Crippen LogP contribution in [0, 0.1) is 0 Å². The average molecular weight is 391 g/mol. The van der Waals surface area contributed by atoms with E-state index in [2.05, 4.69) is 0 Å². The van der Waals surface area contributed by atoms with Gasteiger partial charge in [0.2, 0.25) is 6.10 Å². The first-order valence-electron chi connectivity index (χ1n) is 9.71. The molecule has 1 aliphatic rings. The standard InChI is InChI=1S/C23H21NO5/c25-21(24-13-7-2-8-14-24)20(16-9-3-1-4-10-16)29-23(27)18-15-17-11-5-6-12-19(17)28-22(18)26/h1,3-6,9-12,15,20H,2,7-8,13-14H2/t20-/m0/s1. The van der Waals surface area contributed by atoms with Crippen molar-refractivity contribution in [1.29, 1.82) is 0 Å². The van der Waals surface area contributed by atoms with Gasteiger partial charge in [0.1, 0.15) is 11.1 Å². The van der Waals surface area contributed by atoms with Gasteiger partial charge in [-0.2, -0.15) is 0 Å². The molecule has 3 aromatic rings. The predicted octanol–water partition coefficient (Wildman–Crippen LogP) is 3.70. The SMILES string of the molecule is O=C(O[C@H](C(=O)N1CCCCC1)c1ccccc1)c1cc2ccccc2oc1=O. The maximum atomic E-state index is 13.1. The number of para-hydroxylation sites is 1. The van der Waals surface area contributed by atoms with E-state index >= 15 is 0 Å². The third-order valence-electron chi connectivity index (χ3n) is 5.08. The summed E-state index contributed by atoms with van der Waals surface area (Å²) >= 11 is 0. The smallest absolute Gasteiger partial charge is 0.351 e. The summed E-state index contributed by atoms with van der Waals surface area (Å²) < 4.78 is 10.8. The fourth-order valence-corrected chi connectivity index (χ4v) is 3.54. The lowest BCUT2D eigenvalue weighted by atomic mass is 10.1. The van der Waals surface area contributed by atoms with Gasteiger partial charge in [0, 0.05) is 24.0 Å². The highest BCUT2D eigenvalue weighted by Gasteiger charge is 2.31. The molecular formula is C23H21NO5. The molecule has 0 bridgehead atoms. The van der Waals surface area contributed by atoms with Crippen LogP contribution in [0.25, 0.3) is 11.0 Å². The quantitative estimate of drug-likeness (QED) is 0.501. The number of amides is 1. The first kappa shape index (κ1) is 18.9. The second-order valence-electron chi connectivity index (χ2n) is 7.07. The van der Waals surface area contributed by atoms with E-state index in [0.717, 1.165) is 19.3 Å². The minimum atomic E-state index is -1.10. The molecule has 0 unspecified atom stereocenters. The number of carbonyl (C=O) groups is 2. The van der Waals surface area contributed by atoms with Crippen molar-refractivity contribution in [1.82, 2.24) is 4.90 Å². The molecule has 0 saturated carbocycles. The number of nitrogens with zero attached hydrogens (tertiary/aromatic N) is 1. The van der Waals surface area contributed by atoms with E-state index in [9.17, 15) is 14.4 Å². The van der Waals surface area contributed by atoms with Crippen LogP contribution in [0.3, 0.4) is 0 Å². The highest BCUT2D eigenvalue weighted by Crippen LogP contribution is 2.24. The number of rotatable bonds is 4. The fourth-order valence-electron chi connectivity index (χ4n) is 3.54. The third kappa shape index (κ3) is 4.06. The molecule has 0 radical (unpaired) electrons. The van der Waals surface area contributed by atoms with Crippen LogP contribution >= 0.6 is 0 Å². The summed E-state index contributed by atoms with van der Waals surface area (Å²) in [6.45, 7) is 1.27. The van der Waals surface area contributed by atoms with Gasteiger partial charge >= 0.3 is 11.6 Å². The van der Waals surface area contributed by atoms with Crippen LogP contribution in [0.1, 0.15) is 41.3 Å². The second kappa shape index (κ2) is 8.31. The van der Waals surface area contributed by atoms with Gasteiger partial charge in [-0.25, -0.2) is 9.59 Å². The molecule has 0 spiro atoms. The molecule has 1 aromatic heterocycles. The Labute approximate surface area is 167 Å². The maximum Gasteiger partial charge on any atom is 0.351 e. The average Bonchev–Trinajstić information content (AvgIpc) is 2.77. The summed E-state index contributed by atoms with van der Waals surface area (Å²) in [5.74, 6) is -1.14. The van der Waals surface area contributed by atoms with Gasteiger partial charge in [0.25, 0.3) is 5.91 Å². The summed E-state index contributed by atoms with van der Waals surface area (Å²) in [7, 11) is 0. The molecule has 29 heavy (non-hydrogen) atoms. The van der Waals surface area contributed by atoms with Crippen molar-refractivity contribution in [3.63, 3.8) is 0 Å². The highest BCUT2D eigenvalue weighted by atomic mass is 16.5. The Morgan fingerprint density at radius 3 is 2.38 bits per heavy atom. The van der Waals surface area contributed by atoms with Crippen molar-refractivity contribution in [3.8, 4) is 0 Å². The lowest BCUT2D eigenvalue weighted by Crippen LogP contribution is -2.40. The Morgan fingerprint density at radius 1 is 0.931 bits per heavy atom. The minimum absolute atomic E-state index is 0.226. The van der Waals surface area contributed by atoms with Crippen LogP contribution < -0.4 is 5.63 Å². The Bertz CT molecular complexity index is 1080. The van der Waals surface area contributed by atoms with Gasteiger partial charge in [0.15, 0.2) is 0 Å². The summed E-state index contributed by atoms with van der Waals surface area (Å²) in [5, 5.41) is 0.609. The normalized spacial score (nSPS) is 15.1. The fraction of sp³-hybridized carbons (Fsp3) is 0.261. The number of benzene rings is 2. The first-order chi connectivity index (χ1) is 14.1. The molecule has 4 rings (SSSR count). The second-order valence-corrected chi connectivity index (χ2v) is 7.07. The van der Waals surface area contributed by atoms with Crippen molar-refractivity contribution < 1.29 is 18.7 Å². The summed E-state index contributed by atoms with van der Waals surface area (Å²) in [6.07, 6.45) is 1.83. The van der Waals surface area contributed by atoms with Crippen LogP contribution in [-0.4, -0.2) is 29.9 Å². The lowest BCUT2D eigenvalue weighted by molar-refractivity contribution is -0.142. The highest BCUT2D eigenvalue weighted by molar-refractivity contribution is 5.95. The molecule has 0 aliphatic carbocycles. The maximum absolute atomic E-state index is 13.1. The minimum Gasteiger partial charge on any atom is -0.443 e. The van der Waals surface area contributed by atoms with E-state index in [4.69, 9.17) is 9.15 Å². The van der Waals surface area contributed by atoms with Gasteiger partial charge < -0.3 is 14.1 Å². The van der Waals surface area contributed by atoms with Crippen molar-refractivity contribution in [2.24, 2.45) is 0 Å². The molecule has 1 fully saturated rings. The summed E-state index contributed by atoms with van der Waals surface area (Å²) in [4.78, 5) is 40.0. The monoisotopic (exact) mass is 391 g/mol. The molecule has 6 nitrogen and oxygen atoms in total. The van der Waals surface area contributed by atoms with Gasteiger partial charge in [-0.3, -0.25) is 4.79 Å². The molecule has 2 aromatic carbocycles. The van der Waals surface area contributed by atoms with Gasteiger partial charge in [-0.1, -0.05) is 48.5 Å². The van der Waals surface area contributed by atoms with Gasteiger partial charge in [-0.15, -0.1) is 0 Å². The number of likely N-dealkylation sites (tertiary alicyclic amines) is 1. The van der Waals surface area contributed by atoms with Crippen molar-refractivity contribution in [3.05, 3.63) is 82.2 Å². The lowest BCUT2D eigenvalue weighted by Gasteiger charge is -2.30. The summed E-state index contributed by atoms with van der Waals surface area (Å²) in [6, 6.07) is 17.2. The molecule has 1 aliphatic heterocycles. The molecule has 2 heterocycles. The van der Waals surface area contributed by atoms with Gasteiger partial charge in [-0.05, 0) is 31.4 Å². The topological polar surface area (TPSA) is 76.8 Å². The molecule has 1 atom stereocenters. The zero-order valence-electron chi connectivity index (χ0n) is 15.9. The Kier molecular flexibility index (Phi) is 5.42. The van der Waals surface area contributed by atoms with Crippen LogP contribution in [0.2, 0.25) is 0 Å². The number of hydrogen-bond donors (Lipinski definition) is 0. The van der Waals surface area contributed by atoms with Crippen molar-refractivity contribution in [2.75, 3.05) is 13.1 Å². The van der Waals surface area contributed by atoms with Gasteiger partial charge in [0.05, 0.1) is 0 Å². The van der Waals surface area contributed by atoms with Crippen LogP contribution in [0.5, 0.6) is 0 Å². The number of fused-ring (bicyclic) bond motifs is 1. The Balaban J connectivity index is 1.65. The molecule has 1 saturated heterocycles. The first-order valence-corrected chi connectivity index (χ1v) is 9.71. The Hall–Kier alpha value is -3.41. The van der Waals surface area contributed by atoms with Crippen molar-refractivity contribution >= 4 is 22.8 Å². The zero-order valence-corrected chi connectivity index (χ0v) is 15.9. The Morgan fingerprint density at radius 2 is 1.62 bits per heavy atom. The van der Waals surface area contributed by atoms with E-state index < -0.39 is 17.7 Å². The van der Waals surface area contributed by atoms with Crippen LogP contribution in [-0.2, 0) is 9.53 Å². The zero-order chi connectivity index (χ0) is 20.2. The largest absolute Gasteiger partial charge is 0.443 e.